The molecule has 2 rings (SSSR count). The molecule has 2 aliphatic heterocycles. The second kappa shape index (κ2) is 5.53. The predicted molar refractivity (Wildman–Crippen MR) is 79.5 cm³/mol. The van der Waals surface area contributed by atoms with Crippen LogP contribution in [0.5, 0.6) is 0 Å². The maximum Gasteiger partial charge on any atom is 0.251 e. The van der Waals surface area contributed by atoms with Crippen LogP contribution in [0.3, 0.4) is 0 Å². The van der Waals surface area contributed by atoms with Gasteiger partial charge in [0.1, 0.15) is 11.6 Å². The maximum atomic E-state index is 12.7. The summed E-state index contributed by atoms with van der Waals surface area (Å²) in [6.07, 6.45) is 0.313. The number of rotatable bonds is 4. The van der Waals surface area contributed by atoms with Gasteiger partial charge in [0.2, 0.25) is 11.8 Å². The van der Waals surface area contributed by atoms with Gasteiger partial charge in [0, 0.05) is 12.0 Å². The predicted octanol–water partition coefficient (Wildman–Crippen LogP) is -0.531. The van der Waals surface area contributed by atoms with Crippen molar-refractivity contribution in [1.82, 2.24) is 9.80 Å². The number of hydrogen-bond acceptors (Lipinski definition) is 4. The normalized spacial score (nSPS) is 30.6. The Balaban J connectivity index is 2.25. The van der Waals surface area contributed by atoms with Gasteiger partial charge in [0.05, 0.1) is 12.6 Å². The number of carbonyl (C=O) groups is 3. The molecule has 2 unspecified atom stereocenters. The molecule has 7 nitrogen and oxygen atoms in total. The molecule has 2 heterocycles. The SMILES string of the molecule is CC(C)C(=O)N1C(C)CCC12CN([C@H](C(N)=O)[C@@H](C)O)C2=O. The van der Waals surface area contributed by atoms with Crippen molar-refractivity contribution in [2.24, 2.45) is 11.7 Å². The fraction of sp³-hybridized carbons (Fsp3) is 0.800. The van der Waals surface area contributed by atoms with Gasteiger partial charge in [-0.1, -0.05) is 13.8 Å². The van der Waals surface area contributed by atoms with E-state index in [1.807, 2.05) is 20.8 Å². The molecule has 2 fully saturated rings. The van der Waals surface area contributed by atoms with E-state index in [-0.39, 0.29) is 30.3 Å². The van der Waals surface area contributed by atoms with Crippen LogP contribution in [0.4, 0.5) is 0 Å². The topological polar surface area (TPSA) is 104 Å². The summed E-state index contributed by atoms with van der Waals surface area (Å²) in [4.78, 5) is 39.7. The van der Waals surface area contributed by atoms with Crippen LogP contribution in [0.15, 0.2) is 0 Å². The highest BCUT2D eigenvalue weighted by molar-refractivity contribution is 6.00. The van der Waals surface area contributed by atoms with Crippen LogP contribution in [0, 0.1) is 5.92 Å². The van der Waals surface area contributed by atoms with E-state index in [4.69, 9.17) is 5.73 Å². The highest BCUT2D eigenvalue weighted by Gasteiger charge is 2.63. The number of aliphatic hydroxyl groups is 1. The largest absolute Gasteiger partial charge is 0.391 e. The van der Waals surface area contributed by atoms with E-state index in [2.05, 4.69) is 0 Å². The molecule has 0 saturated carbocycles. The Morgan fingerprint density at radius 1 is 1.36 bits per heavy atom. The zero-order valence-electron chi connectivity index (χ0n) is 13.6. The standard InChI is InChI=1S/C15H25N3O4/c1-8(2)13(21)18-9(3)5-6-15(18)7-17(14(15)22)11(10(4)19)12(16)20/h8-11,19H,5-7H2,1-4H3,(H2,16,20)/t9?,10-,11+,15?/m1/s1. The van der Waals surface area contributed by atoms with Gasteiger partial charge < -0.3 is 20.6 Å². The van der Waals surface area contributed by atoms with Gasteiger partial charge in [-0.2, -0.15) is 0 Å². The Kier molecular flexibility index (Phi) is 4.21. The fourth-order valence-electron chi connectivity index (χ4n) is 3.66. The molecular formula is C15H25N3O4. The van der Waals surface area contributed by atoms with Crippen LogP contribution in [0.2, 0.25) is 0 Å². The first kappa shape index (κ1) is 16.7. The van der Waals surface area contributed by atoms with E-state index < -0.39 is 23.6 Å². The lowest BCUT2D eigenvalue weighted by Crippen LogP contribution is -2.77. The smallest absolute Gasteiger partial charge is 0.251 e. The van der Waals surface area contributed by atoms with Crippen molar-refractivity contribution >= 4 is 17.7 Å². The summed E-state index contributed by atoms with van der Waals surface area (Å²) in [5.41, 5.74) is 4.44. The van der Waals surface area contributed by atoms with Crippen molar-refractivity contribution in [3.05, 3.63) is 0 Å². The van der Waals surface area contributed by atoms with Gasteiger partial charge in [0.15, 0.2) is 0 Å². The Morgan fingerprint density at radius 3 is 2.36 bits per heavy atom. The summed E-state index contributed by atoms with van der Waals surface area (Å²) in [6.45, 7) is 7.24. The minimum Gasteiger partial charge on any atom is -0.391 e. The monoisotopic (exact) mass is 311 g/mol. The number of nitrogens with zero attached hydrogens (tertiary/aromatic N) is 2. The molecule has 0 radical (unpaired) electrons. The quantitative estimate of drug-likeness (QED) is 0.681. The Hall–Kier alpha value is -1.63. The molecule has 4 atom stereocenters. The molecule has 0 bridgehead atoms. The van der Waals surface area contributed by atoms with Gasteiger partial charge in [-0.05, 0) is 26.7 Å². The second-order valence-electron chi connectivity index (χ2n) is 6.80. The van der Waals surface area contributed by atoms with Gasteiger partial charge in [-0.3, -0.25) is 14.4 Å². The second-order valence-corrected chi connectivity index (χ2v) is 6.80. The van der Waals surface area contributed by atoms with Gasteiger partial charge in [-0.25, -0.2) is 0 Å². The number of aliphatic hydroxyl groups excluding tert-OH is 1. The lowest BCUT2D eigenvalue weighted by molar-refractivity contribution is -0.178. The van der Waals surface area contributed by atoms with Crippen LogP contribution >= 0.6 is 0 Å². The molecule has 0 aromatic rings. The molecule has 3 N–H and O–H groups in total. The zero-order valence-corrected chi connectivity index (χ0v) is 13.6. The summed E-state index contributed by atoms with van der Waals surface area (Å²) in [5.74, 6) is -1.25. The average molecular weight is 311 g/mol. The zero-order chi connectivity index (χ0) is 16.8. The van der Waals surface area contributed by atoms with E-state index in [0.29, 0.717) is 6.42 Å². The van der Waals surface area contributed by atoms with Crippen molar-refractivity contribution in [2.45, 2.75) is 64.3 Å². The molecular weight excluding hydrogens is 286 g/mol. The van der Waals surface area contributed by atoms with E-state index in [9.17, 15) is 19.5 Å². The van der Waals surface area contributed by atoms with Crippen LogP contribution in [0.25, 0.3) is 0 Å². The Labute approximate surface area is 130 Å². The molecule has 2 aliphatic rings. The van der Waals surface area contributed by atoms with Gasteiger partial charge in [-0.15, -0.1) is 0 Å². The number of β-lactam (4-membered cyclic amide) rings is 1. The molecule has 0 aromatic carbocycles. The highest BCUT2D eigenvalue weighted by Crippen LogP contribution is 2.43. The maximum absolute atomic E-state index is 12.7. The van der Waals surface area contributed by atoms with Gasteiger partial charge >= 0.3 is 0 Å². The van der Waals surface area contributed by atoms with Crippen LogP contribution < -0.4 is 5.73 Å². The number of hydrogen-bond donors (Lipinski definition) is 2. The minimum absolute atomic E-state index is 0.000391. The molecule has 0 aromatic heterocycles. The van der Waals surface area contributed by atoms with E-state index in [0.717, 1.165) is 6.42 Å². The Bertz CT molecular complexity index is 505. The molecule has 0 aliphatic carbocycles. The average Bonchev–Trinajstić information content (AvgIpc) is 2.75. The third kappa shape index (κ3) is 2.27. The lowest BCUT2D eigenvalue weighted by atomic mass is 9.83. The number of primary amides is 1. The molecule has 1 spiro atoms. The summed E-state index contributed by atoms with van der Waals surface area (Å²) < 4.78 is 0. The van der Waals surface area contributed by atoms with Crippen molar-refractivity contribution < 1.29 is 19.5 Å². The van der Waals surface area contributed by atoms with Crippen LogP contribution in [-0.4, -0.2) is 62.9 Å². The summed E-state index contributed by atoms with van der Waals surface area (Å²) in [5, 5.41) is 9.71. The summed E-state index contributed by atoms with van der Waals surface area (Å²) in [6, 6.07) is -1.04. The van der Waals surface area contributed by atoms with Crippen molar-refractivity contribution in [3.63, 3.8) is 0 Å². The van der Waals surface area contributed by atoms with Crippen molar-refractivity contribution in [1.29, 1.82) is 0 Å². The first-order valence-electron chi connectivity index (χ1n) is 7.75. The molecule has 3 amide bonds. The molecule has 22 heavy (non-hydrogen) atoms. The molecule has 2 saturated heterocycles. The van der Waals surface area contributed by atoms with E-state index in [1.165, 1.54) is 11.8 Å². The lowest BCUT2D eigenvalue weighted by Gasteiger charge is -2.54. The Morgan fingerprint density at radius 2 is 1.95 bits per heavy atom. The van der Waals surface area contributed by atoms with E-state index >= 15 is 0 Å². The molecule has 124 valence electrons. The molecule has 7 heteroatoms. The number of nitrogens with two attached hydrogens (primary N) is 1. The highest BCUT2D eigenvalue weighted by atomic mass is 16.3. The van der Waals surface area contributed by atoms with E-state index in [1.54, 1.807) is 4.90 Å². The van der Waals surface area contributed by atoms with Crippen LogP contribution in [0.1, 0.15) is 40.5 Å². The summed E-state index contributed by atoms with van der Waals surface area (Å²) in [7, 11) is 0. The van der Waals surface area contributed by atoms with Gasteiger partial charge in [0.25, 0.3) is 5.91 Å². The summed E-state index contributed by atoms with van der Waals surface area (Å²) >= 11 is 0. The first-order chi connectivity index (χ1) is 10.1. The number of amides is 3. The number of likely N-dealkylation sites (tertiary alicyclic amines) is 2. The fourth-order valence-corrected chi connectivity index (χ4v) is 3.66. The number of carbonyl (C=O) groups excluding carboxylic acids is 3. The third-order valence-corrected chi connectivity index (χ3v) is 4.78. The first-order valence-corrected chi connectivity index (χ1v) is 7.75. The van der Waals surface area contributed by atoms with Crippen molar-refractivity contribution in [3.8, 4) is 0 Å². The third-order valence-electron chi connectivity index (χ3n) is 4.78. The van der Waals surface area contributed by atoms with Crippen molar-refractivity contribution in [2.75, 3.05) is 6.54 Å². The minimum atomic E-state index is -1.04. The van der Waals surface area contributed by atoms with Crippen LogP contribution in [-0.2, 0) is 14.4 Å².